The quantitative estimate of drug-likeness (QED) is 0.229. The Labute approximate surface area is 232 Å². The molecule has 6 nitrogen and oxygen atoms in total. The van der Waals surface area contributed by atoms with Crippen LogP contribution in [-0.2, 0) is 0 Å². The first-order valence-electron chi connectivity index (χ1n) is 11.8. The van der Waals surface area contributed by atoms with Crippen LogP contribution in [0.1, 0.15) is 35.4 Å². The van der Waals surface area contributed by atoms with Gasteiger partial charge in [0.05, 0.1) is 37.6 Å². The number of fused-ring (bicyclic) bond motifs is 4. The van der Waals surface area contributed by atoms with Crippen molar-refractivity contribution in [2.75, 3.05) is 21.3 Å². The third kappa shape index (κ3) is 4.12. The second-order valence-corrected chi connectivity index (χ2v) is 10.7. The molecule has 37 heavy (non-hydrogen) atoms. The van der Waals surface area contributed by atoms with Gasteiger partial charge in [0.25, 0.3) is 0 Å². The minimum absolute atomic E-state index is 0.0110. The van der Waals surface area contributed by atoms with E-state index in [1.54, 1.807) is 21.3 Å². The van der Waals surface area contributed by atoms with E-state index in [1.807, 2.05) is 23.2 Å². The Morgan fingerprint density at radius 1 is 0.865 bits per heavy atom. The molecule has 2 aliphatic heterocycles. The molecule has 0 N–H and O–H groups in total. The van der Waals surface area contributed by atoms with Crippen molar-refractivity contribution < 1.29 is 18.9 Å². The molecule has 0 unspecified atom stereocenters. The highest BCUT2D eigenvalue weighted by molar-refractivity contribution is 9.11. The molecule has 6 rings (SSSR count). The zero-order valence-electron chi connectivity index (χ0n) is 20.5. The van der Waals surface area contributed by atoms with Gasteiger partial charge in [-0.3, -0.25) is 0 Å². The van der Waals surface area contributed by atoms with Gasteiger partial charge in [-0.05, 0) is 62.6 Å². The average Bonchev–Trinajstić information content (AvgIpc) is 3.37. The van der Waals surface area contributed by atoms with Crippen molar-refractivity contribution >= 4 is 48.3 Å². The van der Waals surface area contributed by atoms with Crippen LogP contribution >= 0.6 is 31.9 Å². The van der Waals surface area contributed by atoms with Crippen LogP contribution in [0.3, 0.4) is 0 Å². The van der Waals surface area contributed by atoms with Gasteiger partial charge >= 0.3 is 0 Å². The first kappa shape index (κ1) is 24.1. The number of nitrogens with zero attached hydrogens (tertiary/aromatic N) is 2. The van der Waals surface area contributed by atoms with E-state index in [2.05, 4.69) is 80.4 Å². The summed E-state index contributed by atoms with van der Waals surface area (Å²) >= 11 is 7.37. The number of hydrogen-bond acceptors (Lipinski definition) is 6. The summed E-state index contributed by atoms with van der Waals surface area (Å²) < 4.78 is 25.3. The SMILES string of the molecule is COc1cc([C@H]2Oc3c(Br)cc(Br)cc3[C@H]3CC(c4ccc5ccccc5c4)=NN32)cc(OC)c1OC. The Morgan fingerprint density at radius 2 is 1.59 bits per heavy atom. The maximum absolute atomic E-state index is 6.64. The van der Waals surface area contributed by atoms with E-state index in [4.69, 9.17) is 24.0 Å². The minimum Gasteiger partial charge on any atom is -0.493 e. The lowest BCUT2D eigenvalue weighted by atomic mass is 9.95. The Morgan fingerprint density at radius 3 is 2.30 bits per heavy atom. The van der Waals surface area contributed by atoms with Gasteiger partial charge in [-0.25, -0.2) is 5.01 Å². The average molecular weight is 624 g/mol. The molecule has 2 aliphatic rings. The fraction of sp³-hybridized carbons (Fsp3) is 0.207. The number of rotatable bonds is 5. The van der Waals surface area contributed by atoms with Crippen molar-refractivity contribution in [1.82, 2.24) is 5.01 Å². The largest absolute Gasteiger partial charge is 0.493 e. The fourth-order valence-corrected chi connectivity index (χ4v) is 6.47. The molecule has 0 saturated heterocycles. The standard InChI is InChI=1S/C29H24Br2N2O4/c1-34-25-11-19(12-26(35-2)28(25)36-3)29-33-24(21-13-20(30)14-22(31)27(21)37-29)15-23(32-33)18-9-8-16-6-4-5-7-17(16)10-18/h4-14,24,29H,15H2,1-3H3/t24-,29-/m1/s1. The Bertz CT molecular complexity index is 1530. The lowest BCUT2D eigenvalue weighted by Crippen LogP contribution is -2.34. The third-order valence-corrected chi connectivity index (χ3v) is 7.91. The molecule has 0 amide bonds. The zero-order chi connectivity index (χ0) is 25.7. The predicted molar refractivity (Wildman–Crippen MR) is 151 cm³/mol. The van der Waals surface area contributed by atoms with Crippen molar-refractivity contribution in [3.05, 3.63) is 92.4 Å². The number of hydrazone groups is 1. The molecule has 2 atom stereocenters. The molecule has 0 fully saturated rings. The van der Waals surface area contributed by atoms with Crippen molar-refractivity contribution in [2.24, 2.45) is 5.10 Å². The Hall–Kier alpha value is -3.23. The topological polar surface area (TPSA) is 52.5 Å². The molecule has 0 bridgehead atoms. The summed E-state index contributed by atoms with van der Waals surface area (Å²) in [6, 6.07) is 22.8. The second-order valence-electron chi connectivity index (χ2n) is 8.94. The summed E-state index contributed by atoms with van der Waals surface area (Å²) in [5, 5.41) is 9.58. The fourth-order valence-electron chi connectivity index (χ4n) is 5.12. The number of ether oxygens (including phenoxy) is 4. The van der Waals surface area contributed by atoms with Crippen molar-refractivity contribution in [3.8, 4) is 23.0 Å². The van der Waals surface area contributed by atoms with E-state index < -0.39 is 6.23 Å². The molecular weight excluding hydrogens is 600 g/mol. The molecule has 2 heterocycles. The third-order valence-electron chi connectivity index (χ3n) is 6.86. The van der Waals surface area contributed by atoms with Gasteiger partial charge in [0, 0.05) is 22.0 Å². The van der Waals surface area contributed by atoms with Crippen LogP contribution in [0.5, 0.6) is 23.0 Å². The summed E-state index contributed by atoms with van der Waals surface area (Å²) in [6.07, 6.45) is 0.250. The highest BCUT2D eigenvalue weighted by Gasteiger charge is 2.42. The summed E-state index contributed by atoms with van der Waals surface area (Å²) in [4.78, 5) is 0. The lowest BCUT2D eigenvalue weighted by molar-refractivity contribution is -0.0199. The van der Waals surface area contributed by atoms with Gasteiger partial charge in [-0.15, -0.1) is 0 Å². The Balaban J connectivity index is 1.50. The highest BCUT2D eigenvalue weighted by Crippen LogP contribution is 2.52. The van der Waals surface area contributed by atoms with Crippen LogP contribution in [0, 0.1) is 0 Å². The van der Waals surface area contributed by atoms with E-state index >= 15 is 0 Å². The lowest BCUT2D eigenvalue weighted by Gasteiger charge is -2.39. The van der Waals surface area contributed by atoms with Crippen LogP contribution < -0.4 is 18.9 Å². The van der Waals surface area contributed by atoms with Gasteiger partial charge in [0.2, 0.25) is 12.0 Å². The van der Waals surface area contributed by atoms with E-state index in [0.717, 1.165) is 43.5 Å². The molecular formula is C29H24Br2N2O4. The van der Waals surface area contributed by atoms with Crippen molar-refractivity contribution in [2.45, 2.75) is 18.7 Å². The smallest absolute Gasteiger partial charge is 0.214 e. The predicted octanol–water partition coefficient (Wildman–Crippen LogP) is 7.63. The monoisotopic (exact) mass is 622 g/mol. The van der Waals surface area contributed by atoms with Gasteiger partial charge in [-0.1, -0.05) is 52.3 Å². The van der Waals surface area contributed by atoms with Crippen molar-refractivity contribution in [3.63, 3.8) is 0 Å². The van der Waals surface area contributed by atoms with Crippen molar-refractivity contribution in [1.29, 1.82) is 0 Å². The maximum atomic E-state index is 6.64. The summed E-state index contributed by atoms with van der Waals surface area (Å²) in [7, 11) is 4.82. The van der Waals surface area contributed by atoms with Gasteiger partial charge in [-0.2, -0.15) is 5.10 Å². The van der Waals surface area contributed by atoms with E-state index in [-0.39, 0.29) is 6.04 Å². The number of benzene rings is 4. The van der Waals surface area contributed by atoms with Gasteiger partial charge in [0.15, 0.2) is 11.5 Å². The number of hydrogen-bond donors (Lipinski definition) is 0. The van der Waals surface area contributed by atoms with Crippen LogP contribution in [0.2, 0.25) is 0 Å². The molecule has 0 radical (unpaired) electrons. The second kappa shape index (κ2) is 9.58. The maximum Gasteiger partial charge on any atom is 0.214 e. The number of halogens is 2. The normalized spacial score (nSPS) is 18.1. The first-order valence-corrected chi connectivity index (χ1v) is 13.4. The molecule has 0 aliphatic carbocycles. The molecule has 188 valence electrons. The van der Waals surface area contributed by atoms with Crippen LogP contribution in [0.15, 0.2) is 80.8 Å². The molecule has 8 heteroatoms. The summed E-state index contributed by atoms with van der Waals surface area (Å²) in [6.45, 7) is 0. The van der Waals surface area contributed by atoms with Crippen LogP contribution in [0.25, 0.3) is 10.8 Å². The molecule has 0 aromatic heterocycles. The first-order chi connectivity index (χ1) is 18.0. The van der Waals surface area contributed by atoms with Gasteiger partial charge in [0.1, 0.15) is 5.75 Å². The summed E-state index contributed by atoms with van der Waals surface area (Å²) in [5.41, 5.74) is 4.04. The number of methoxy groups -OCH3 is 3. The molecule has 0 saturated carbocycles. The van der Waals surface area contributed by atoms with E-state index in [1.165, 1.54) is 10.8 Å². The summed E-state index contributed by atoms with van der Waals surface area (Å²) in [5.74, 6) is 2.47. The molecule has 4 aromatic carbocycles. The minimum atomic E-state index is -0.498. The highest BCUT2D eigenvalue weighted by atomic mass is 79.9. The van der Waals surface area contributed by atoms with E-state index in [9.17, 15) is 0 Å². The molecule has 0 spiro atoms. The Kier molecular flexibility index (Phi) is 6.24. The zero-order valence-corrected chi connectivity index (χ0v) is 23.7. The van der Waals surface area contributed by atoms with Gasteiger partial charge < -0.3 is 18.9 Å². The van der Waals surface area contributed by atoms with E-state index in [0.29, 0.717) is 17.2 Å². The molecule has 4 aromatic rings. The van der Waals surface area contributed by atoms with Crippen LogP contribution in [-0.4, -0.2) is 32.0 Å². The van der Waals surface area contributed by atoms with Crippen LogP contribution in [0.4, 0.5) is 0 Å².